The second-order valence-electron chi connectivity index (χ2n) is 5.93. The van der Waals surface area contributed by atoms with Gasteiger partial charge < -0.3 is 10.1 Å². The van der Waals surface area contributed by atoms with E-state index >= 15 is 0 Å². The number of aryl methyl sites for hydroxylation is 1. The molecule has 2 aromatic carbocycles. The van der Waals surface area contributed by atoms with Crippen molar-refractivity contribution in [3.8, 4) is 5.75 Å². The Bertz CT molecular complexity index is 774. The number of hydrogen-bond acceptors (Lipinski definition) is 4. The topological polar surface area (TPSA) is 70.7 Å². The summed E-state index contributed by atoms with van der Waals surface area (Å²) < 4.78 is 5.47. The summed E-state index contributed by atoms with van der Waals surface area (Å²) in [4.78, 5) is 24.9. The fourth-order valence-electron chi connectivity index (χ4n) is 2.67. The molecule has 25 heavy (non-hydrogen) atoms. The number of carbonyl (C=O) groups excluding carboxylic acids is 2. The van der Waals surface area contributed by atoms with Gasteiger partial charge in [-0.25, -0.2) is 5.01 Å². The van der Waals surface area contributed by atoms with E-state index < -0.39 is 0 Å². The van der Waals surface area contributed by atoms with E-state index in [2.05, 4.69) is 10.7 Å². The number of ether oxygens (including phenoxy) is 1. The number of anilines is 1. The maximum Gasteiger partial charge on any atom is 0.276 e. The zero-order valence-corrected chi connectivity index (χ0v) is 14.3. The fraction of sp³-hybridized carbons (Fsp3) is 0.263. The van der Waals surface area contributed by atoms with Crippen molar-refractivity contribution in [2.45, 2.75) is 26.4 Å². The predicted molar refractivity (Wildman–Crippen MR) is 95.1 cm³/mol. The molecule has 0 radical (unpaired) electrons. The van der Waals surface area contributed by atoms with Crippen molar-refractivity contribution in [2.24, 2.45) is 0 Å². The molecule has 6 nitrogen and oxygen atoms in total. The number of carbonyl (C=O) groups is 2. The van der Waals surface area contributed by atoms with Crippen LogP contribution in [0.3, 0.4) is 0 Å². The number of fused-ring (bicyclic) bond motifs is 1. The van der Waals surface area contributed by atoms with Crippen molar-refractivity contribution in [2.75, 3.05) is 11.9 Å². The van der Waals surface area contributed by atoms with Gasteiger partial charge in [0, 0.05) is 5.69 Å². The Morgan fingerprint density at radius 3 is 2.64 bits per heavy atom. The fourth-order valence-corrected chi connectivity index (χ4v) is 2.67. The average Bonchev–Trinajstić information content (AvgIpc) is 2.63. The van der Waals surface area contributed by atoms with Crippen LogP contribution in [-0.4, -0.2) is 29.6 Å². The molecular formula is C19H21N3O3. The van der Waals surface area contributed by atoms with Gasteiger partial charge in [0.15, 0.2) is 6.61 Å². The highest BCUT2D eigenvalue weighted by Crippen LogP contribution is 2.25. The van der Waals surface area contributed by atoms with E-state index in [1.165, 1.54) is 5.01 Å². The van der Waals surface area contributed by atoms with Crippen LogP contribution >= 0.6 is 0 Å². The molecule has 3 rings (SSSR count). The zero-order chi connectivity index (χ0) is 17.8. The van der Waals surface area contributed by atoms with Gasteiger partial charge in [-0.2, -0.15) is 0 Å². The Balaban J connectivity index is 1.65. The van der Waals surface area contributed by atoms with Crippen molar-refractivity contribution >= 4 is 17.5 Å². The van der Waals surface area contributed by atoms with E-state index in [0.29, 0.717) is 17.7 Å². The molecule has 0 fully saturated rings. The first-order valence-corrected chi connectivity index (χ1v) is 8.26. The molecule has 0 saturated heterocycles. The summed E-state index contributed by atoms with van der Waals surface area (Å²) in [7, 11) is 0. The van der Waals surface area contributed by atoms with Crippen LogP contribution in [0.2, 0.25) is 0 Å². The SMILES string of the molecule is CCC1Nc2ccccc2C(=O)N1NC(=O)COc1ccc(C)cc1. The molecule has 2 aromatic rings. The van der Waals surface area contributed by atoms with Crippen LogP contribution in [0.4, 0.5) is 5.69 Å². The summed E-state index contributed by atoms with van der Waals surface area (Å²) in [5.74, 6) is -0.000301. The lowest BCUT2D eigenvalue weighted by molar-refractivity contribution is -0.127. The molecule has 2 amide bonds. The molecule has 0 aromatic heterocycles. The number of para-hydroxylation sites is 1. The molecule has 6 heteroatoms. The summed E-state index contributed by atoms with van der Waals surface area (Å²) >= 11 is 0. The van der Waals surface area contributed by atoms with Gasteiger partial charge in [0.05, 0.1) is 5.56 Å². The molecule has 130 valence electrons. The average molecular weight is 339 g/mol. The van der Waals surface area contributed by atoms with Gasteiger partial charge in [0.25, 0.3) is 11.8 Å². The Morgan fingerprint density at radius 2 is 1.92 bits per heavy atom. The number of amides is 2. The number of rotatable bonds is 5. The Hall–Kier alpha value is -3.02. The van der Waals surface area contributed by atoms with Gasteiger partial charge in [0.2, 0.25) is 0 Å². The molecule has 1 heterocycles. The number of nitrogens with one attached hydrogen (secondary N) is 2. The van der Waals surface area contributed by atoms with Crippen LogP contribution in [0, 0.1) is 6.92 Å². The van der Waals surface area contributed by atoms with Crippen molar-refractivity contribution in [1.29, 1.82) is 0 Å². The summed E-state index contributed by atoms with van der Waals surface area (Å²) in [6.07, 6.45) is 0.352. The minimum atomic E-state index is -0.381. The smallest absolute Gasteiger partial charge is 0.276 e. The van der Waals surface area contributed by atoms with Gasteiger partial charge in [-0.15, -0.1) is 0 Å². The van der Waals surface area contributed by atoms with Gasteiger partial charge in [-0.1, -0.05) is 36.8 Å². The highest BCUT2D eigenvalue weighted by atomic mass is 16.5. The Labute approximate surface area is 146 Å². The van der Waals surface area contributed by atoms with Gasteiger partial charge in [-0.05, 0) is 37.6 Å². The van der Waals surface area contributed by atoms with E-state index in [1.54, 1.807) is 24.3 Å². The lowest BCUT2D eigenvalue weighted by atomic mass is 10.1. The van der Waals surface area contributed by atoms with Gasteiger partial charge in [0.1, 0.15) is 11.9 Å². The highest BCUT2D eigenvalue weighted by molar-refractivity contribution is 6.02. The molecule has 1 aliphatic rings. The lowest BCUT2D eigenvalue weighted by Crippen LogP contribution is -2.57. The van der Waals surface area contributed by atoms with Crippen LogP contribution in [0.15, 0.2) is 48.5 Å². The first kappa shape index (κ1) is 16.8. The van der Waals surface area contributed by atoms with Gasteiger partial charge in [-0.3, -0.25) is 15.0 Å². The second kappa shape index (κ2) is 7.25. The first-order chi connectivity index (χ1) is 12.1. The molecule has 0 bridgehead atoms. The molecule has 2 N–H and O–H groups in total. The number of hydrazine groups is 1. The molecule has 1 aliphatic heterocycles. The van der Waals surface area contributed by atoms with E-state index in [9.17, 15) is 9.59 Å². The van der Waals surface area contributed by atoms with Crippen molar-refractivity contribution in [1.82, 2.24) is 10.4 Å². The summed E-state index contributed by atoms with van der Waals surface area (Å²) in [6, 6.07) is 14.7. The Morgan fingerprint density at radius 1 is 1.20 bits per heavy atom. The maximum atomic E-state index is 12.7. The summed E-state index contributed by atoms with van der Waals surface area (Å²) in [5, 5.41) is 4.60. The van der Waals surface area contributed by atoms with Gasteiger partial charge >= 0.3 is 0 Å². The Kier molecular flexibility index (Phi) is 4.88. The lowest BCUT2D eigenvalue weighted by Gasteiger charge is -2.37. The first-order valence-electron chi connectivity index (χ1n) is 8.26. The van der Waals surface area contributed by atoms with Crippen LogP contribution in [0.25, 0.3) is 0 Å². The van der Waals surface area contributed by atoms with E-state index in [-0.39, 0.29) is 24.6 Å². The number of hydrogen-bond donors (Lipinski definition) is 2. The third kappa shape index (κ3) is 3.74. The molecule has 1 atom stereocenters. The van der Waals surface area contributed by atoms with Crippen LogP contribution < -0.4 is 15.5 Å². The maximum absolute atomic E-state index is 12.7. The van der Waals surface area contributed by atoms with Crippen LogP contribution in [0.1, 0.15) is 29.3 Å². The largest absolute Gasteiger partial charge is 0.484 e. The molecule has 0 saturated carbocycles. The van der Waals surface area contributed by atoms with Crippen molar-refractivity contribution < 1.29 is 14.3 Å². The predicted octanol–water partition coefficient (Wildman–Crippen LogP) is 2.71. The van der Waals surface area contributed by atoms with E-state index in [1.807, 2.05) is 38.1 Å². The third-order valence-corrected chi connectivity index (χ3v) is 4.03. The molecule has 0 aliphatic carbocycles. The van der Waals surface area contributed by atoms with Crippen molar-refractivity contribution in [3.05, 3.63) is 59.7 Å². The third-order valence-electron chi connectivity index (χ3n) is 4.03. The number of nitrogens with zero attached hydrogens (tertiary/aromatic N) is 1. The standard InChI is InChI=1S/C19H21N3O3/c1-3-17-20-16-7-5-4-6-15(16)19(24)22(17)21-18(23)12-25-14-10-8-13(2)9-11-14/h4-11,17,20H,3,12H2,1-2H3,(H,21,23). The van der Waals surface area contributed by atoms with Crippen molar-refractivity contribution in [3.63, 3.8) is 0 Å². The number of benzene rings is 2. The minimum Gasteiger partial charge on any atom is -0.484 e. The van der Waals surface area contributed by atoms with Crippen LogP contribution in [-0.2, 0) is 4.79 Å². The normalized spacial score (nSPS) is 16.0. The monoisotopic (exact) mass is 339 g/mol. The zero-order valence-electron chi connectivity index (χ0n) is 14.3. The minimum absolute atomic E-state index is 0.162. The van der Waals surface area contributed by atoms with E-state index in [4.69, 9.17) is 4.74 Å². The quantitative estimate of drug-likeness (QED) is 0.879. The van der Waals surface area contributed by atoms with Crippen LogP contribution in [0.5, 0.6) is 5.75 Å². The van der Waals surface area contributed by atoms with E-state index in [0.717, 1.165) is 11.3 Å². The second-order valence-corrected chi connectivity index (χ2v) is 5.93. The highest BCUT2D eigenvalue weighted by Gasteiger charge is 2.32. The summed E-state index contributed by atoms with van der Waals surface area (Å²) in [6.45, 7) is 3.76. The summed E-state index contributed by atoms with van der Waals surface area (Å²) in [5.41, 5.74) is 5.08. The molecule has 0 spiro atoms. The molecule has 1 unspecified atom stereocenters. The molecular weight excluding hydrogens is 318 g/mol.